The predicted octanol–water partition coefficient (Wildman–Crippen LogP) is 3.09. The molecule has 1 saturated carbocycles. The molecule has 0 atom stereocenters. The number of halogens is 1. The second kappa shape index (κ2) is 7.71. The topological polar surface area (TPSA) is 90.5 Å². The van der Waals surface area contributed by atoms with E-state index in [1.807, 2.05) is 19.9 Å². The fourth-order valence-corrected chi connectivity index (χ4v) is 3.78. The van der Waals surface area contributed by atoms with E-state index in [0.29, 0.717) is 16.8 Å². The molecule has 0 amide bonds. The molecule has 1 fully saturated rings. The highest BCUT2D eigenvalue weighted by Crippen LogP contribution is 2.28. The highest BCUT2D eigenvalue weighted by molar-refractivity contribution is 6.30. The Hall–Kier alpha value is -2.74. The maximum Gasteiger partial charge on any atom is 0.267 e. The lowest BCUT2D eigenvalue weighted by atomic mass is 9.91. The van der Waals surface area contributed by atoms with Crippen molar-refractivity contribution in [1.29, 1.82) is 0 Å². The molecule has 3 heterocycles. The monoisotopic (exact) mass is 399 g/mol. The van der Waals surface area contributed by atoms with Crippen molar-refractivity contribution in [2.45, 2.75) is 51.6 Å². The minimum Gasteiger partial charge on any atom is -0.351 e. The minimum absolute atomic E-state index is 0.0774. The van der Waals surface area contributed by atoms with Gasteiger partial charge in [-0.05, 0) is 51.7 Å². The molecule has 4 rings (SSSR count). The SMILES string of the molecule is Cc1cc(C)n(-c2ccc(=O)n(C3CCC(Nc4ncc(Cl)cn4)CC3)n2)n1. The Morgan fingerprint density at radius 3 is 2.43 bits per heavy atom. The minimum atomic E-state index is -0.0808. The van der Waals surface area contributed by atoms with Crippen LogP contribution in [0.15, 0.2) is 35.4 Å². The van der Waals surface area contributed by atoms with Gasteiger partial charge in [0.2, 0.25) is 5.95 Å². The normalized spacial score (nSPS) is 19.5. The van der Waals surface area contributed by atoms with Gasteiger partial charge in [-0.25, -0.2) is 19.3 Å². The molecule has 1 N–H and O–H groups in total. The molecule has 3 aromatic rings. The van der Waals surface area contributed by atoms with Crippen LogP contribution in [-0.4, -0.2) is 35.6 Å². The van der Waals surface area contributed by atoms with Crippen LogP contribution in [0.1, 0.15) is 43.1 Å². The first-order valence-electron chi connectivity index (χ1n) is 9.37. The second-order valence-corrected chi connectivity index (χ2v) is 7.62. The van der Waals surface area contributed by atoms with Gasteiger partial charge in [0.1, 0.15) is 0 Å². The summed E-state index contributed by atoms with van der Waals surface area (Å²) in [6.07, 6.45) is 6.70. The number of anilines is 1. The van der Waals surface area contributed by atoms with Gasteiger partial charge in [-0.1, -0.05) is 11.6 Å². The second-order valence-electron chi connectivity index (χ2n) is 7.19. The largest absolute Gasteiger partial charge is 0.351 e. The van der Waals surface area contributed by atoms with Gasteiger partial charge in [-0.2, -0.15) is 5.10 Å². The summed E-state index contributed by atoms with van der Waals surface area (Å²) in [5.41, 5.74) is 1.84. The lowest BCUT2D eigenvalue weighted by Gasteiger charge is -2.29. The highest BCUT2D eigenvalue weighted by Gasteiger charge is 2.24. The summed E-state index contributed by atoms with van der Waals surface area (Å²) < 4.78 is 3.39. The number of hydrogen-bond donors (Lipinski definition) is 1. The lowest BCUT2D eigenvalue weighted by Crippen LogP contribution is -2.34. The quantitative estimate of drug-likeness (QED) is 0.725. The summed E-state index contributed by atoms with van der Waals surface area (Å²) in [6, 6.07) is 5.64. The summed E-state index contributed by atoms with van der Waals surface area (Å²) in [7, 11) is 0. The van der Waals surface area contributed by atoms with Gasteiger partial charge >= 0.3 is 0 Å². The third-order valence-electron chi connectivity index (χ3n) is 5.03. The number of aromatic nitrogens is 6. The summed E-state index contributed by atoms with van der Waals surface area (Å²) in [6.45, 7) is 3.92. The molecule has 28 heavy (non-hydrogen) atoms. The van der Waals surface area contributed by atoms with Gasteiger partial charge in [0.25, 0.3) is 5.56 Å². The Bertz CT molecular complexity index is 1020. The molecule has 0 unspecified atom stereocenters. The van der Waals surface area contributed by atoms with E-state index >= 15 is 0 Å². The van der Waals surface area contributed by atoms with Crippen LogP contribution in [0, 0.1) is 13.8 Å². The van der Waals surface area contributed by atoms with Gasteiger partial charge < -0.3 is 5.32 Å². The van der Waals surface area contributed by atoms with Gasteiger partial charge in [0.05, 0.1) is 29.2 Å². The molecule has 0 radical (unpaired) electrons. The van der Waals surface area contributed by atoms with Crippen molar-refractivity contribution >= 4 is 17.5 Å². The Kier molecular flexibility index (Phi) is 5.13. The predicted molar refractivity (Wildman–Crippen MR) is 107 cm³/mol. The number of aryl methyl sites for hydroxylation is 2. The number of nitrogens with zero attached hydrogens (tertiary/aromatic N) is 6. The van der Waals surface area contributed by atoms with Crippen molar-refractivity contribution in [2.24, 2.45) is 0 Å². The van der Waals surface area contributed by atoms with Gasteiger partial charge in [0.15, 0.2) is 5.82 Å². The van der Waals surface area contributed by atoms with Gasteiger partial charge in [-0.3, -0.25) is 4.79 Å². The molecule has 146 valence electrons. The maximum atomic E-state index is 12.4. The summed E-state index contributed by atoms with van der Waals surface area (Å²) in [4.78, 5) is 20.8. The molecule has 0 aliphatic heterocycles. The average Bonchev–Trinajstić information content (AvgIpc) is 3.03. The molecular weight excluding hydrogens is 378 g/mol. The first-order valence-corrected chi connectivity index (χ1v) is 9.75. The summed E-state index contributed by atoms with van der Waals surface area (Å²) >= 11 is 5.83. The number of rotatable bonds is 4. The molecule has 1 aliphatic carbocycles. The van der Waals surface area contributed by atoms with E-state index in [1.165, 1.54) is 0 Å². The fraction of sp³-hybridized carbons (Fsp3) is 0.421. The third kappa shape index (κ3) is 3.91. The van der Waals surface area contributed by atoms with Crippen LogP contribution in [-0.2, 0) is 0 Å². The van der Waals surface area contributed by atoms with Crippen molar-refractivity contribution in [3.05, 3.63) is 57.4 Å². The standard InChI is InChI=1S/C19H22ClN7O/c1-12-9-13(2)26(24-12)17-7-8-18(28)27(25-17)16-5-3-15(4-6-16)23-19-21-10-14(20)11-22-19/h7-11,15-16H,3-6H2,1-2H3,(H,21,22,23). The first kappa shape index (κ1) is 18.6. The van der Waals surface area contributed by atoms with Crippen LogP contribution < -0.4 is 10.9 Å². The van der Waals surface area contributed by atoms with Crippen LogP contribution in [0.25, 0.3) is 5.82 Å². The fourth-order valence-electron chi connectivity index (χ4n) is 3.68. The first-order chi connectivity index (χ1) is 13.5. The zero-order valence-corrected chi connectivity index (χ0v) is 16.6. The van der Waals surface area contributed by atoms with E-state index in [1.54, 1.807) is 33.9 Å². The van der Waals surface area contributed by atoms with Crippen LogP contribution in [0.2, 0.25) is 5.02 Å². The molecule has 0 saturated heterocycles. The third-order valence-corrected chi connectivity index (χ3v) is 5.23. The van der Waals surface area contributed by atoms with E-state index in [9.17, 15) is 4.79 Å². The van der Waals surface area contributed by atoms with Crippen LogP contribution in [0.4, 0.5) is 5.95 Å². The van der Waals surface area contributed by atoms with Crippen molar-refractivity contribution in [3.63, 3.8) is 0 Å². The smallest absolute Gasteiger partial charge is 0.267 e. The molecule has 0 bridgehead atoms. The molecule has 0 spiro atoms. The Balaban J connectivity index is 1.47. The van der Waals surface area contributed by atoms with E-state index in [2.05, 4.69) is 25.5 Å². The van der Waals surface area contributed by atoms with Crippen molar-refractivity contribution < 1.29 is 0 Å². The van der Waals surface area contributed by atoms with E-state index in [-0.39, 0.29) is 17.6 Å². The summed E-state index contributed by atoms with van der Waals surface area (Å²) in [5, 5.41) is 12.9. The van der Waals surface area contributed by atoms with Gasteiger partial charge in [-0.15, -0.1) is 5.10 Å². The Morgan fingerprint density at radius 2 is 1.79 bits per heavy atom. The van der Waals surface area contributed by atoms with Crippen molar-refractivity contribution in [3.8, 4) is 5.82 Å². The van der Waals surface area contributed by atoms with E-state index in [4.69, 9.17) is 11.6 Å². The molecule has 1 aliphatic rings. The van der Waals surface area contributed by atoms with Crippen LogP contribution in [0.5, 0.6) is 0 Å². The molecule has 9 heteroatoms. The number of nitrogens with one attached hydrogen (secondary N) is 1. The van der Waals surface area contributed by atoms with Crippen LogP contribution >= 0.6 is 11.6 Å². The average molecular weight is 400 g/mol. The van der Waals surface area contributed by atoms with E-state index in [0.717, 1.165) is 37.1 Å². The Morgan fingerprint density at radius 1 is 1.07 bits per heavy atom. The number of hydrogen-bond acceptors (Lipinski definition) is 6. The maximum absolute atomic E-state index is 12.4. The van der Waals surface area contributed by atoms with Gasteiger partial charge in [0, 0.05) is 17.8 Å². The lowest BCUT2D eigenvalue weighted by molar-refractivity contribution is 0.302. The molecular formula is C19H22ClN7O. The molecule has 0 aromatic carbocycles. The zero-order chi connectivity index (χ0) is 19.7. The van der Waals surface area contributed by atoms with Crippen molar-refractivity contribution in [1.82, 2.24) is 29.5 Å². The Labute approximate surface area is 167 Å². The summed E-state index contributed by atoms with van der Waals surface area (Å²) in [5.74, 6) is 1.25. The molecule has 8 nitrogen and oxygen atoms in total. The van der Waals surface area contributed by atoms with Crippen molar-refractivity contribution in [2.75, 3.05) is 5.32 Å². The molecule has 3 aromatic heterocycles. The highest BCUT2D eigenvalue weighted by atomic mass is 35.5. The van der Waals surface area contributed by atoms with E-state index < -0.39 is 0 Å². The van der Waals surface area contributed by atoms with Crippen LogP contribution in [0.3, 0.4) is 0 Å². The zero-order valence-electron chi connectivity index (χ0n) is 15.8.